The number of ether oxygens (including phenoxy) is 1. The number of fused-ring (bicyclic) bond motifs is 1. The molecule has 2 heterocycles. The Balaban J connectivity index is 1.33. The molecule has 1 aromatic heterocycles. The number of tetrazole rings is 1. The van der Waals surface area contributed by atoms with Crippen molar-refractivity contribution in [3.63, 3.8) is 0 Å². The predicted molar refractivity (Wildman–Crippen MR) is 104 cm³/mol. The van der Waals surface area contributed by atoms with E-state index in [1.807, 2.05) is 54.6 Å². The van der Waals surface area contributed by atoms with Crippen molar-refractivity contribution in [3.8, 4) is 11.5 Å². The second-order valence-electron chi connectivity index (χ2n) is 6.91. The molecule has 0 aliphatic carbocycles. The molecule has 0 radical (unpaired) electrons. The van der Waals surface area contributed by atoms with Gasteiger partial charge in [0.2, 0.25) is 5.91 Å². The molecule has 2 aromatic carbocycles. The minimum atomic E-state index is -0.273. The van der Waals surface area contributed by atoms with Gasteiger partial charge in [-0.2, -0.15) is 0 Å². The van der Waals surface area contributed by atoms with E-state index < -0.39 is 0 Å². The zero-order chi connectivity index (χ0) is 19.2. The Bertz CT molecular complexity index is 925. The zero-order valence-electron chi connectivity index (χ0n) is 15.6. The molecule has 0 saturated carbocycles. The normalized spacial score (nSPS) is 16.1. The third-order valence-electron chi connectivity index (χ3n) is 4.89. The standard InChI is InChI=1S/C21H23N5O2/c27-21(19-11-4-5-14-26-20(19)23-24-25-26)22-13-12-16-7-6-10-18(15-16)28-17-8-2-1-3-9-17/h1-3,6-10,15,19H,4-5,11-14H2,(H,22,27)/t19-/m0/s1. The lowest BCUT2D eigenvalue weighted by Crippen LogP contribution is -2.32. The van der Waals surface area contributed by atoms with Crippen molar-refractivity contribution in [2.45, 2.75) is 38.1 Å². The highest BCUT2D eigenvalue weighted by molar-refractivity contribution is 5.82. The maximum atomic E-state index is 12.7. The summed E-state index contributed by atoms with van der Waals surface area (Å²) in [6.07, 6.45) is 3.50. The molecule has 144 valence electrons. The molecule has 0 bridgehead atoms. The number of aryl methyl sites for hydroxylation is 1. The minimum absolute atomic E-state index is 0.00496. The molecule has 0 spiro atoms. The van der Waals surface area contributed by atoms with Crippen molar-refractivity contribution in [2.75, 3.05) is 6.54 Å². The number of nitrogens with one attached hydrogen (secondary N) is 1. The number of carbonyl (C=O) groups excluding carboxylic acids is 1. The van der Waals surface area contributed by atoms with E-state index in [1.165, 1.54) is 0 Å². The molecule has 0 saturated heterocycles. The summed E-state index contributed by atoms with van der Waals surface area (Å²) in [5.74, 6) is 1.99. The quantitative estimate of drug-likeness (QED) is 0.714. The van der Waals surface area contributed by atoms with Crippen molar-refractivity contribution in [1.82, 2.24) is 25.5 Å². The van der Waals surface area contributed by atoms with Crippen molar-refractivity contribution >= 4 is 5.91 Å². The molecule has 1 aliphatic rings. The van der Waals surface area contributed by atoms with E-state index in [2.05, 4.69) is 20.8 Å². The molecule has 1 N–H and O–H groups in total. The highest BCUT2D eigenvalue weighted by Gasteiger charge is 2.28. The Morgan fingerprint density at radius 2 is 1.96 bits per heavy atom. The Morgan fingerprint density at radius 1 is 1.11 bits per heavy atom. The van der Waals surface area contributed by atoms with Gasteiger partial charge >= 0.3 is 0 Å². The number of aromatic nitrogens is 4. The fourth-order valence-corrected chi connectivity index (χ4v) is 3.45. The van der Waals surface area contributed by atoms with Gasteiger partial charge in [0.05, 0.1) is 5.92 Å². The van der Waals surface area contributed by atoms with Crippen LogP contribution in [0.4, 0.5) is 0 Å². The molecule has 1 aliphatic heterocycles. The highest BCUT2D eigenvalue weighted by Crippen LogP contribution is 2.24. The van der Waals surface area contributed by atoms with Gasteiger partial charge in [-0.05, 0) is 59.5 Å². The lowest BCUT2D eigenvalue weighted by atomic mass is 10.0. The van der Waals surface area contributed by atoms with Crippen molar-refractivity contribution < 1.29 is 9.53 Å². The van der Waals surface area contributed by atoms with Crippen molar-refractivity contribution in [2.24, 2.45) is 0 Å². The van der Waals surface area contributed by atoms with Crippen LogP contribution in [-0.4, -0.2) is 32.7 Å². The first-order chi connectivity index (χ1) is 13.8. The molecule has 7 nitrogen and oxygen atoms in total. The first kappa shape index (κ1) is 18.2. The molecule has 3 aromatic rings. The van der Waals surface area contributed by atoms with Gasteiger partial charge in [-0.15, -0.1) is 5.10 Å². The number of carbonyl (C=O) groups is 1. The van der Waals surface area contributed by atoms with E-state index in [0.29, 0.717) is 12.4 Å². The van der Waals surface area contributed by atoms with Crippen LogP contribution in [0.15, 0.2) is 54.6 Å². The van der Waals surface area contributed by atoms with Gasteiger partial charge < -0.3 is 10.1 Å². The topological polar surface area (TPSA) is 81.9 Å². The van der Waals surface area contributed by atoms with Crippen LogP contribution in [-0.2, 0) is 17.8 Å². The maximum absolute atomic E-state index is 12.7. The van der Waals surface area contributed by atoms with Gasteiger partial charge in [0.1, 0.15) is 11.5 Å². The van der Waals surface area contributed by atoms with E-state index in [4.69, 9.17) is 4.74 Å². The van der Waals surface area contributed by atoms with Crippen LogP contribution in [0.1, 0.15) is 36.6 Å². The van der Waals surface area contributed by atoms with Crippen LogP contribution < -0.4 is 10.1 Å². The average Bonchev–Trinajstić information content (AvgIpc) is 3.08. The van der Waals surface area contributed by atoms with Gasteiger partial charge in [-0.1, -0.05) is 36.8 Å². The third-order valence-corrected chi connectivity index (χ3v) is 4.89. The monoisotopic (exact) mass is 377 g/mol. The number of para-hydroxylation sites is 1. The van der Waals surface area contributed by atoms with E-state index in [1.54, 1.807) is 4.68 Å². The second kappa shape index (κ2) is 8.65. The average molecular weight is 377 g/mol. The molecule has 1 amide bonds. The lowest BCUT2D eigenvalue weighted by Gasteiger charge is -2.13. The number of nitrogens with zero attached hydrogens (tertiary/aromatic N) is 4. The number of benzene rings is 2. The molecule has 0 fully saturated rings. The Labute approximate surface area is 163 Å². The van der Waals surface area contributed by atoms with Gasteiger partial charge in [-0.25, -0.2) is 4.68 Å². The molecular formula is C21H23N5O2. The molecule has 1 atom stereocenters. The van der Waals surface area contributed by atoms with Crippen molar-refractivity contribution in [3.05, 3.63) is 66.0 Å². The molecular weight excluding hydrogens is 354 g/mol. The smallest absolute Gasteiger partial charge is 0.230 e. The van der Waals surface area contributed by atoms with E-state index in [0.717, 1.165) is 49.3 Å². The number of amides is 1. The van der Waals surface area contributed by atoms with Crippen LogP contribution in [0.3, 0.4) is 0 Å². The Kier molecular flexibility index (Phi) is 5.61. The third kappa shape index (κ3) is 4.36. The number of hydrogen-bond donors (Lipinski definition) is 1. The molecule has 4 rings (SSSR count). The summed E-state index contributed by atoms with van der Waals surface area (Å²) in [6.45, 7) is 1.34. The summed E-state index contributed by atoms with van der Waals surface area (Å²) in [5, 5.41) is 14.8. The van der Waals surface area contributed by atoms with Crippen LogP contribution in [0.2, 0.25) is 0 Å². The van der Waals surface area contributed by atoms with Gasteiger partial charge in [-0.3, -0.25) is 4.79 Å². The largest absolute Gasteiger partial charge is 0.457 e. The Morgan fingerprint density at radius 3 is 2.86 bits per heavy atom. The predicted octanol–water partition coefficient (Wildman–Crippen LogP) is 3.09. The fraction of sp³-hybridized carbons (Fsp3) is 0.333. The maximum Gasteiger partial charge on any atom is 0.230 e. The van der Waals surface area contributed by atoms with Crippen LogP contribution in [0.5, 0.6) is 11.5 Å². The van der Waals surface area contributed by atoms with Crippen LogP contribution in [0.25, 0.3) is 0 Å². The number of hydrogen-bond acceptors (Lipinski definition) is 5. The number of rotatable bonds is 6. The van der Waals surface area contributed by atoms with Crippen LogP contribution in [0, 0.1) is 0 Å². The summed E-state index contributed by atoms with van der Waals surface area (Å²) < 4.78 is 7.63. The molecule has 0 unspecified atom stereocenters. The van der Waals surface area contributed by atoms with E-state index in [9.17, 15) is 4.79 Å². The molecule has 7 heteroatoms. The Hall–Kier alpha value is -3.22. The van der Waals surface area contributed by atoms with Gasteiger partial charge in [0.25, 0.3) is 0 Å². The SMILES string of the molecule is O=C(NCCc1cccc(Oc2ccccc2)c1)[C@H]1CCCCn2nnnc21. The summed E-state index contributed by atoms with van der Waals surface area (Å²) in [5.41, 5.74) is 1.11. The van der Waals surface area contributed by atoms with Crippen LogP contribution >= 0.6 is 0 Å². The first-order valence-corrected chi connectivity index (χ1v) is 9.65. The van der Waals surface area contributed by atoms with Gasteiger partial charge in [0.15, 0.2) is 5.82 Å². The van der Waals surface area contributed by atoms with Crippen molar-refractivity contribution in [1.29, 1.82) is 0 Å². The zero-order valence-corrected chi connectivity index (χ0v) is 15.6. The van der Waals surface area contributed by atoms with E-state index >= 15 is 0 Å². The van der Waals surface area contributed by atoms with Gasteiger partial charge in [0, 0.05) is 13.1 Å². The summed E-state index contributed by atoms with van der Waals surface area (Å²) in [7, 11) is 0. The fourth-order valence-electron chi connectivity index (χ4n) is 3.45. The minimum Gasteiger partial charge on any atom is -0.457 e. The summed E-state index contributed by atoms with van der Waals surface area (Å²) >= 11 is 0. The first-order valence-electron chi connectivity index (χ1n) is 9.65. The van der Waals surface area contributed by atoms with E-state index in [-0.39, 0.29) is 11.8 Å². The molecule has 28 heavy (non-hydrogen) atoms. The highest BCUT2D eigenvalue weighted by atomic mass is 16.5. The second-order valence-corrected chi connectivity index (χ2v) is 6.91. The lowest BCUT2D eigenvalue weighted by molar-refractivity contribution is -0.122. The summed E-state index contributed by atoms with van der Waals surface area (Å²) in [6, 6.07) is 17.6. The summed E-state index contributed by atoms with van der Waals surface area (Å²) in [4.78, 5) is 12.7.